The third-order valence-electron chi connectivity index (χ3n) is 1.79. The summed E-state index contributed by atoms with van der Waals surface area (Å²) in [5.41, 5.74) is -1.35. The minimum Gasteiger partial charge on any atom is -0.361 e. The van der Waals surface area contributed by atoms with E-state index in [4.69, 9.17) is 10.00 Å². The third-order valence-corrected chi connectivity index (χ3v) is 1.79. The molecular weight excluding hydrogens is 209 g/mol. The highest BCUT2D eigenvalue weighted by atomic mass is 19.4. The van der Waals surface area contributed by atoms with Crippen LogP contribution in [0.1, 0.15) is 18.2 Å². The molecule has 0 fully saturated rings. The number of rotatable bonds is 3. The standard InChI is InChI=1S/C9H9F3N2O/c1-2-15-6-14-4-3-7(5-13)8(14)9(10,11)12/h3-4H,2,6H2,1H3. The predicted molar refractivity (Wildman–Crippen MR) is 45.8 cm³/mol. The molecule has 0 saturated carbocycles. The van der Waals surface area contributed by atoms with Crippen molar-refractivity contribution in [2.75, 3.05) is 6.61 Å². The Hall–Kier alpha value is -1.48. The van der Waals surface area contributed by atoms with Crippen LogP contribution in [0.3, 0.4) is 0 Å². The molecule has 0 radical (unpaired) electrons. The number of alkyl halides is 3. The van der Waals surface area contributed by atoms with Gasteiger partial charge in [0.05, 0.1) is 5.56 Å². The maximum absolute atomic E-state index is 12.5. The molecule has 0 unspecified atom stereocenters. The Bertz CT molecular complexity index is 376. The van der Waals surface area contributed by atoms with Gasteiger partial charge < -0.3 is 9.30 Å². The highest BCUT2D eigenvalue weighted by molar-refractivity contribution is 5.36. The molecule has 0 N–H and O–H groups in total. The van der Waals surface area contributed by atoms with Gasteiger partial charge in [-0.05, 0) is 13.0 Å². The van der Waals surface area contributed by atoms with Crippen LogP contribution < -0.4 is 0 Å². The van der Waals surface area contributed by atoms with Gasteiger partial charge in [0.2, 0.25) is 0 Å². The summed E-state index contributed by atoms with van der Waals surface area (Å²) in [7, 11) is 0. The molecule has 82 valence electrons. The van der Waals surface area contributed by atoms with Gasteiger partial charge in [-0.3, -0.25) is 0 Å². The predicted octanol–water partition coefficient (Wildman–Crippen LogP) is 2.37. The average molecular weight is 218 g/mol. The molecule has 0 aliphatic carbocycles. The van der Waals surface area contributed by atoms with E-state index >= 15 is 0 Å². The molecule has 0 atom stereocenters. The SMILES string of the molecule is CCOCn1ccc(C#N)c1C(F)(F)F. The first-order valence-electron chi connectivity index (χ1n) is 4.25. The molecule has 0 bridgehead atoms. The molecule has 0 aromatic carbocycles. The zero-order valence-electron chi connectivity index (χ0n) is 8.01. The van der Waals surface area contributed by atoms with Crippen LogP contribution in [0.5, 0.6) is 0 Å². The molecule has 6 heteroatoms. The zero-order chi connectivity index (χ0) is 11.5. The molecule has 1 rings (SSSR count). The minimum atomic E-state index is -4.54. The van der Waals surface area contributed by atoms with E-state index in [1.165, 1.54) is 12.3 Å². The highest BCUT2D eigenvalue weighted by Crippen LogP contribution is 2.32. The van der Waals surface area contributed by atoms with Crippen LogP contribution >= 0.6 is 0 Å². The lowest BCUT2D eigenvalue weighted by Gasteiger charge is -2.12. The lowest BCUT2D eigenvalue weighted by Crippen LogP contribution is -2.16. The first kappa shape index (κ1) is 11.6. The van der Waals surface area contributed by atoms with Gasteiger partial charge in [0.25, 0.3) is 0 Å². The fourth-order valence-corrected chi connectivity index (χ4v) is 1.18. The van der Waals surface area contributed by atoms with E-state index in [1.807, 2.05) is 0 Å². The Kier molecular flexibility index (Phi) is 3.37. The molecule has 1 heterocycles. The molecule has 0 spiro atoms. The minimum absolute atomic E-state index is 0.201. The monoisotopic (exact) mass is 218 g/mol. The summed E-state index contributed by atoms with van der Waals surface area (Å²) in [5.74, 6) is 0. The summed E-state index contributed by atoms with van der Waals surface area (Å²) in [6, 6.07) is 2.63. The Morgan fingerprint density at radius 2 is 2.20 bits per heavy atom. The maximum atomic E-state index is 12.5. The van der Waals surface area contributed by atoms with Gasteiger partial charge in [-0.25, -0.2) is 0 Å². The van der Waals surface area contributed by atoms with Crippen molar-refractivity contribution in [3.05, 3.63) is 23.5 Å². The van der Waals surface area contributed by atoms with E-state index < -0.39 is 11.9 Å². The van der Waals surface area contributed by atoms with Crippen molar-refractivity contribution in [1.82, 2.24) is 4.57 Å². The summed E-state index contributed by atoms with van der Waals surface area (Å²) in [6.45, 7) is 1.80. The number of nitriles is 1. The van der Waals surface area contributed by atoms with Gasteiger partial charge in [-0.1, -0.05) is 0 Å². The van der Waals surface area contributed by atoms with Crippen molar-refractivity contribution < 1.29 is 17.9 Å². The van der Waals surface area contributed by atoms with Crippen LogP contribution in [0.4, 0.5) is 13.2 Å². The van der Waals surface area contributed by atoms with Crippen molar-refractivity contribution in [3.63, 3.8) is 0 Å². The number of hydrogen-bond acceptors (Lipinski definition) is 2. The summed E-state index contributed by atoms with van der Waals surface area (Å²) in [5, 5.41) is 8.52. The number of ether oxygens (including phenoxy) is 1. The number of aromatic nitrogens is 1. The molecule has 3 nitrogen and oxygen atoms in total. The molecule has 1 aromatic heterocycles. The molecule has 0 aliphatic heterocycles. The van der Waals surface area contributed by atoms with Crippen LogP contribution in [0.2, 0.25) is 0 Å². The topological polar surface area (TPSA) is 38.0 Å². The second kappa shape index (κ2) is 4.36. The van der Waals surface area contributed by atoms with E-state index in [-0.39, 0.29) is 12.3 Å². The van der Waals surface area contributed by atoms with Crippen LogP contribution in [0, 0.1) is 11.3 Å². The normalized spacial score (nSPS) is 11.4. The smallest absolute Gasteiger partial charge is 0.361 e. The maximum Gasteiger partial charge on any atom is 0.432 e. The third kappa shape index (κ3) is 2.50. The Morgan fingerprint density at radius 1 is 1.53 bits per heavy atom. The first-order chi connectivity index (χ1) is 7.00. The van der Waals surface area contributed by atoms with E-state index in [2.05, 4.69) is 0 Å². The van der Waals surface area contributed by atoms with Crippen molar-refractivity contribution >= 4 is 0 Å². The molecule has 0 saturated heterocycles. The lowest BCUT2D eigenvalue weighted by molar-refractivity contribution is -0.146. The molecule has 15 heavy (non-hydrogen) atoms. The van der Waals surface area contributed by atoms with Crippen molar-refractivity contribution in [3.8, 4) is 6.07 Å². The van der Waals surface area contributed by atoms with Crippen LogP contribution in [0.15, 0.2) is 12.3 Å². The number of nitrogens with zero attached hydrogens (tertiary/aromatic N) is 2. The largest absolute Gasteiger partial charge is 0.432 e. The van der Waals surface area contributed by atoms with Crippen LogP contribution in [-0.2, 0) is 17.6 Å². The molecular formula is C9H9F3N2O. The van der Waals surface area contributed by atoms with Crippen molar-refractivity contribution in [2.45, 2.75) is 19.8 Å². The van der Waals surface area contributed by atoms with Gasteiger partial charge in [0.15, 0.2) is 0 Å². The van der Waals surface area contributed by atoms with Gasteiger partial charge >= 0.3 is 6.18 Å². The number of hydrogen-bond donors (Lipinski definition) is 0. The summed E-state index contributed by atoms with van der Waals surface area (Å²) >= 11 is 0. The fraction of sp³-hybridized carbons (Fsp3) is 0.444. The van der Waals surface area contributed by atoms with E-state index in [0.29, 0.717) is 6.61 Å². The zero-order valence-corrected chi connectivity index (χ0v) is 8.01. The van der Waals surface area contributed by atoms with E-state index in [0.717, 1.165) is 10.6 Å². The summed E-state index contributed by atoms with van der Waals surface area (Å²) < 4.78 is 43.3. The van der Waals surface area contributed by atoms with Gasteiger partial charge in [0, 0.05) is 12.8 Å². The quantitative estimate of drug-likeness (QED) is 0.781. The van der Waals surface area contributed by atoms with Gasteiger partial charge in [-0.2, -0.15) is 18.4 Å². The van der Waals surface area contributed by atoms with E-state index in [9.17, 15) is 13.2 Å². The average Bonchev–Trinajstić information content (AvgIpc) is 2.56. The Labute approximate surface area is 84.7 Å². The first-order valence-corrected chi connectivity index (χ1v) is 4.25. The van der Waals surface area contributed by atoms with E-state index in [1.54, 1.807) is 6.92 Å². The Morgan fingerprint density at radius 3 is 2.67 bits per heavy atom. The van der Waals surface area contributed by atoms with Gasteiger partial charge in [-0.15, -0.1) is 0 Å². The second-order valence-corrected chi connectivity index (χ2v) is 2.78. The highest BCUT2D eigenvalue weighted by Gasteiger charge is 2.37. The second-order valence-electron chi connectivity index (χ2n) is 2.78. The van der Waals surface area contributed by atoms with Crippen LogP contribution in [-0.4, -0.2) is 11.2 Å². The summed E-state index contributed by atoms with van der Waals surface area (Å²) in [4.78, 5) is 0. The van der Waals surface area contributed by atoms with Crippen molar-refractivity contribution in [2.24, 2.45) is 0 Å². The van der Waals surface area contributed by atoms with Crippen molar-refractivity contribution in [1.29, 1.82) is 5.26 Å². The lowest BCUT2D eigenvalue weighted by atomic mass is 10.2. The molecule has 1 aromatic rings. The number of halogens is 3. The summed E-state index contributed by atoms with van der Waals surface area (Å²) in [6.07, 6.45) is -3.34. The Balaban J connectivity index is 3.08. The fourth-order valence-electron chi connectivity index (χ4n) is 1.18. The molecule has 0 aliphatic rings. The molecule has 0 amide bonds. The van der Waals surface area contributed by atoms with Crippen LogP contribution in [0.25, 0.3) is 0 Å². The van der Waals surface area contributed by atoms with Gasteiger partial charge in [0.1, 0.15) is 18.5 Å².